The van der Waals surface area contributed by atoms with Crippen LogP contribution in [0.2, 0.25) is 0 Å². The number of hydrogen-bond acceptors (Lipinski definition) is 6. The largest absolute Gasteiger partial charge is 0.481 e. The number of carboxylic acid groups (broad SMARTS) is 2. The summed E-state index contributed by atoms with van der Waals surface area (Å²) < 4.78 is 0. The first-order valence-electron chi connectivity index (χ1n) is 8.49. The number of nitrogens with zero attached hydrogens (tertiary/aromatic N) is 4. The molecule has 4 heterocycles. The van der Waals surface area contributed by atoms with Crippen LogP contribution in [0.4, 0.5) is 0 Å². The van der Waals surface area contributed by atoms with Crippen molar-refractivity contribution in [3.63, 3.8) is 0 Å². The first kappa shape index (κ1) is 17.6. The Hall–Kier alpha value is -1.22. The lowest BCUT2D eigenvalue weighted by Crippen LogP contribution is -2.71. The van der Waals surface area contributed by atoms with Crippen molar-refractivity contribution >= 4 is 11.9 Å². The fraction of sp³-hybridized carbons (Fsp3) is 0.875. The Bertz CT molecular complexity index is 482. The third-order valence-corrected chi connectivity index (χ3v) is 6.40. The van der Waals surface area contributed by atoms with Crippen LogP contribution in [0.3, 0.4) is 0 Å². The van der Waals surface area contributed by atoms with Gasteiger partial charge in [0.2, 0.25) is 0 Å². The normalized spacial score (nSPS) is 44.7. The average molecular weight is 340 g/mol. The molecule has 0 aromatic rings. The van der Waals surface area contributed by atoms with E-state index in [1.54, 1.807) is 20.8 Å². The summed E-state index contributed by atoms with van der Waals surface area (Å²) in [7, 11) is 0. The molecule has 5 fully saturated rings. The highest BCUT2D eigenvalue weighted by Crippen LogP contribution is 2.56. The van der Waals surface area contributed by atoms with Gasteiger partial charge in [-0.05, 0) is 25.2 Å². The molecule has 8 nitrogen and oxygen atoms in total. The van der Waals surface area contributed by atoms with E-state index in [4.69, 9.17) is 10.2 Å². The summed E-state index contributed by atoms with van der Waals surface area (Å²) in [5.74, 6) is -2.34. The van der Waals surface area contributed by atoms with Crippen molar-refractivity contribution in [1.29, 1.82) is 0 Å². The highest BCUT2D eigenvalue weighted by atomic mass is 16.4. The van der Waals surface area contributed by atoms with E-state index in [1.807, 2.05) is 0 Å². The monoisotopic (exact) mass is 340 g/mol. The van der Waals surface area contributed by atoms with E-state index in [0.29, 0.717) is 12.8 Å². The zero-order valence-corrected chi connectivity index (χ0v) is 14.7. The molecule has 136 valence electrons. The second-order valence-electron chi connectivity index (χ2n) is 8.32. The Labute approximate surface area is 142 Å². The first-order valence-corrected chi connectivity index (χ1v) is 8.49. The van der Waals surface area contributed by atoms with Gasteiger partial charge >= 0.3 is 11.9 Å². The van der Waals surface area contributed by atoms with Crippen LogP contribution in [0.25, 0.3) is 0 Å². The first-order chi connectivity index (χ1) is 11.1. The number of carboxylic acids is 2. The van der Waals surface area contributed by atoms with Crippen molar-refractivity contribution in [3.05, 3.63) is 0 Å². The van der Waals surface area contributed by atoms with Crippen LogP contribution in [0.15, 0.2) is 0 Å². The number of aliphatic carboxylic acids is 2. The van der Waals surface area contributed by atoms with Gasteiger partial charge in [0, 0.05) is 0 Å². The highest BCUT2D eigenvalue weighted by molar-refractivity contribution is 5.80. The molecule has 0 aromatic carbocycles. The van der Waals surface area contributed by atoms with Crippen LogP contribution in [0.5, 0.6) is 0 Å². The minimum atomic E-state index is -0.921. The summed E-state index contributed by atoms with van der Waals surface area (Å²) in [5.41, 5.74) is -1.61. The minimum absolute atomic E-state index is 0.437. The lowest BCUT2D eigenvalue weighted by molar-refractivity contribution is -0.194. The summed E-state index contributed by atoms with van der Waals surface area (Å²) in [4.78, 5) is 31.9. The summed E-state index contributed by atoms with van der Waals surface area (Å²) >= 11 is 0. The van der Waals surface area contributed by atoms with Crippen molar-refractivity contribution in [1.82, 2.24) is 19.6 Å². The third kappa shape index (κ3) is 2.81. The van der Waals surface area contributed by atoms with Crippen molar-refractivity contribution in [2.75, 3.05) is 40.0 Å². The molecule has 4 bridgehead atoms. The molecule has 1 saturated carbocycles. The number of rotatable bonds is 2. The molecule has 4 saturated heterocycles. The topological polar surface area (TPSA) is 87.6 Å². The van der Waals surface area contributed by atoms with Crippen molar-refractivity contribution < 1.29 is 19.8 Å². The smallest absolute Gasteiger partial charge is 0.309 e. The third-order valence-electron chi connectivity index (χ3n) is 6.40. The summed E-state index contributed by atoms with van der Waals surface area (Å²) in [5, 5.41) is 18.1. The van der Waals surface area contributed by atoms with Gasteiger partial charge in [-0.3, -0.25) is 29.2 Å². The zero-order valence-electron chi connectivity index (χ0n) is 14.7. The van der Waals surface area contributed by atoms with Gasteiger partial charge in [-0.15, -0.1) is 0 Å². The van der Waals surface area contributed by atoms with Gasteiger partial charge < -0.3 is 10.2 Å². The molecule has 8 heteroatoms. The van der Waals surface area contributed by atoms with Crippen LogP contribution in [-0.2, 0) is 9.59 Å². The van der Waals surface area contributed by atoms with E-state index in [0.717, 1.165) is 0 Å². The van der Waals surface area contributed by atoms with Crippen LogP contribution in [-0.4, -0.2) is 81.8 Å². The Morgan fingerprint density at radius 2 is 1.21 bits per heavy atom. The number of hydrogen-bond donors (Lipinski definition) is 2. The molecule has 4 aliphatic heterocycles. The highest BCUT2D eigenvalue weighted by Gasteiger charge is 2.58. The maximum Gasteiger partial charge on any atom is 0.309 e. The van der Waals surface area contributed by atoms with Gasteiger partial charge in [-0.2, -0.15) is 0 Å². The van der Waals surface area contributed by atoms with Gasteiger partial charge in [0.15, 0.2) is 0 Å². The molecule has 0 spiro atoms. The van der Waals surface area contributed by atoms with Crippen molar-refractivity contribution in [3.8, 4) is 0 Å². The fourth-order valence-corrected chi connectivity index (χ4v) is 4.55. The molecule has 5 aliphatic rings. The van der Waals surface area contributed by atoms with Crippen LogP contribution in [0, 0.1) is 16.7 Å². The second-order valence-corrected chi connectivity index (χ2v) is 8.32. The number of carbonyl (C=O) groups is 2. The quantitative estimate of drug-likeness (QED) is 0.755. The Morgan fingerprint density at radius 1 is 0.833 bits per heavy atom. The maximum atomic E-state index is 11.1. The molecule has 1 aliphatic carbocycles. The van der Waals surface area contributed by atoms with Crippen LogP contribution < -0.4 is 0 Å². The van der Waals surface area contributed by atoms with Gasteiger partial charge in [0.1, 0.15) is 0 Å². The molecule has 24 heavy (non-hydrogen) atoms. The lowest BCUT2D eigenvalue weighted by atomic mass is 9.66. The standard InChI is InChI=1S/C10H16O4.C6H12N4/c1-9(2)6(7(11)12)4-5-10(9,3)8(13)14;1-7-2-9-4-8(1)5-10(3-7)6-9/h6H,4-5H2,1-3H3,(H,11,12)(H,13,14);1-6H2. The SMILES string of the molecule is C1N2CN3CN1CN(C2)C3.CC1(C(=O)O)CCC(C(=O)O)C1(C)C. The van der Waals surface area contributed by atoms with E-state index < -0.39 is 28.7 Å². The lowest BCUT2D eigenvalue weighted by Gasteiger charge is -2.56. The van der Waals surface area contributed by atoms with Crippen molar-refractivity contribution in [2.45, 2.75) is 33.6 Å². The van der Waals surface area contributed by atoms with Gasteiger partial charge in [0.05, 0.1) is 51.3 Å². The predicted molar refractivity (Wildman–Crippen MR) is 86.4 cm³/mol. The van der Waals surface area contributed by atoms with Crippen molar-refractivity contribution in [2.24, 2.45) is 16.7 Å². The molecule has 0 amide bonds. The minimum Gasteiger partial charge on any atom is -0.481 e. The molecular weight excluding hydrogens is 312 g/mol. The van der Waals surface area contributed by atoms with Gasteiger partial charge in [-0.1, -0.05) is 13.8 Å². The van der Waals surface area contributed by atoms with Gasteiger partial charge in [0.25, 0.3) is 0 Å². The van der Waals surface area contributed by atoms with E-state index >= 15 is 0 Å². The second kappa shape index (κ2) is 5.94. The Kier molecular flexibility index (Phi) is 4.36. The van der Waals surface area contributed by atoms with Crippen LogP contribution >= 0.6 is 0 Å². The summed E-state index contributed by atoms with van der Waals surface area (Å²) in [6.07, 6.45) is 0.886. The fourth-order valence-electron chi connectivity index (χ4n) is 4.55. The van der Waals surface area contributed by atoms with E-state index in [9.17, 15) is 9.59 Å². The summed E-state index contributed by atoms with van der Waals surface area (Å²) in [6, 6.07) is 0. The predicted octanol–water partition coefficient (Wildman–Crippen LogP) is 0.578. The molecule has 0 aromatic heterocycles. The molecule has 5 rings (SSSR count). The Morgan fingerprint density at radius 3 is 1.42 bits per heavy atom. The van der Waals surface area contributed by atoms with Gasteiger partial charge in [-0.25, -0.2) is 0 Å². The van der Waals surface area contributed by atoms with Crippen LogP contribution in [0.1, 0.15) is 33.6 Å². The molecule has 2 atom stereocenters. The molecule has 2 N–H and O–H groups in total. The summed E-state index contributed by atoms with van der Waals surface area (Å²) in [6.45, 7) is 12.2. The molecule has 2 unspecified atom stereocenters. The van der Waals surface area contributed by atoms with E-state index in [-0.39, 0.29) is 0 Å². The molecular formula is C16H28N4O4. The van der Waals surface area contributed by atoms with E-state index in [2.05, 4.69) is 19.6 Å². The Balaban J connectivity index is 0.000000147. The van der Waals surface area contributed by atoms with E-state index in [1.165, 1.54) is 40.0 Å². The maximum absolute atomic E-state index is 11.1. The molecule has 0 radical (unpaired) electrons. The zero-order chi connectivity index (χ0) is 17.7. The average Bonchev–Trinajstić information content (AvgIpc) is 2.69.